The van der Waals surface area contributed by atoms with E-state index in [-0.39, 0.29) is 12.5 Å². The second kappa shape index (κ2) is 3.55. The number of carbonyl (C=O) groups excluding carboxylic acids is 1. The molecule has 17 heavy (non-hydrogen) atoms. The average Bonchev–Trinajstić information content (AvgIpc) is 2.40. The van der Waals surface area contributed by atoms with Crippen molar-refractivity contribution in [3.05, 3.63) is 39.4 Å². The van der Waals surface area contributed by atoms with Gasteiger partial charge in [0.1, 0.15) is 5.41 Å². The molecule has 1 aromatic carbocycles. The molecule has 1 aliphatic rings. The molecule has 1 aliphatic heterocycles. The van der Waals surface area contributed by atoms with Crippen LogP contribution < -0.4 is 4.90 Å². The quantitative estimate of drug-likeness (QED) is 0.575. The van der Waals surface area contributed by atoms with Gasteiger partial charge >= 0.3 is 0 Å². The molecule has 0 N–H and O–H groups in total. The Labute approximate surface area is 99.2 Å². The largest absolute Gasteiger partial charge is 0.314 e. The van der Waals surface area contributed by atoms with Gasteiger partial charge in [0.2, 0.25) is 12.5 Å². The second-order valence-corrected chi connectivity index (χ2v) is 4.71. The van der Waals surface area contributed by atoms with Crippen LogP contribution in [-0.2, 0) is 10.2 Å². The van der Waals surface area contributed by atoms with Crippen LogP contribution in [0.1, 0.15) is 18.1 Å². The maximum Gasteiger partial charge on any atom is 0.243 e. The molecule has 0 spiro atoms. The third-order valence-electron chi connectivity index (χ3n) is 3.33. The molecule has 1 heterocycles. The lowest BCUT2D eigenvalue weighted by atomic mass is 9.83. The van der Waals surface area contributed by atoms with Gasteiger partial charge in [0.05, 0.1) is 0 Å². The Morgan fingerprint density at radius 2 is 2.12 bits per heavy atom. The number of nitro groups is 1. The van der Waals surface area contributed by atoms with Crippen LogP contribution in [0.2, 0.25) is 0 Å². The summed E-state index contributed by atoms with van der Waals surface area (Å²) in [6.45, 7) is 3.20. The maximum atomic E-state index is 12.2. The zero-order valence-corrected chi connectivity index (χ0v) is 10.1. The monoisotopic (exact) mass is 234 g/mol. The molecule has 90 valence electrons. The van der Waals surface area contributed by atoms with Gasteiger partial charge in [-0.3, -0.25) is 14.9 Å². The van der Waals surface area contributed by atoms with Crippen LogP contribution in [0.4, 0.5) is 5.69 Å². The topological polar surface area (TPSA) is 63.5 Å². The summed E-state index contributed by atoms with van der Waals surface area (Å²) >= 11 is 0. The summed E-state index contributed by atoms with van der Waals surface area (Å²) in [6, 6.07) is 5.58. The van der Waals surface area contributed by atoms with E-state index in [4.69, 9.17) is 0 Å². The summed E-state index contributed by atoms with van der Waals surface area (Å²) in [5.74, 6) is -0.213. The number of rotatable bonds is 2. The zero-order chi connectivity index (χ0) is 12.8. The van der Waals surface area contributed by atoms with Gasteiger partial charge in [-0.05, 0) is 31.0 Å². The summed E-state index contributed by atoms with van der Waals surface area (Å²) in [4.78, 5) is 24.0. The Balaban J connectivity index is 2.58. The molecule has 0 saturated heterocycles. The van der Waals surface area contributed by atoms with Crippen LogP contribution in [0, 0.1) is 17.0 Å². The summed E-state index contributed by atoms with van der Waals surface area (Å²) < 4.78 is 0. The molecular weight excluding hydrogens is 220 g/mol. The minimum atomic E-state index is -1.04. The lowest BCUT2D eigenvalue weighted by molar-refractivity contribution is -0.487. The zero-order valence-electron chi connectivity index (χ0n) is 10.1. The first-order chi connectivity index (χ1) is 7.86. The summed E-state index contributed by atoms with van der Waals surface area (Å²) in [7, 11) is 1.66. The van der Waals surface area contributed by atoms with Crippen LogP contribution in [0.5, 0.6) is 0 Å². The van der Waals surface area contributed by atoms with Crippen molar-refractivity contribution in [3.63, 3.8) is 0 Å². The fourth-order valence-electron chi connectivity index (χ4n) is 2.39. The number of hydrogen-bond donors (Lipinski definition) is 0. The van der Waals surface area contributed by atoms with Crippen LogP contribution in [0.15, 0.2) is 18.2 Å². The predicted molar refractivity (Wildman–Crippen MR) is 63.8 cm³/mol. The molecule has 0 aromatic heterocycles. The van der Waals surface area contributed by atoms with Crippen molar-refractivity contribution < 1.29 is 9.72 Å². The summed E-state index contributed by atoms with van der Waals surface area (Å²) in [5.41, 5.74) is 1.52. The highest BCUT2D eigenvalue weighted by molar-refractivity contribution is 6.07. The fraction of sp³-hybridized carbons (Fsp3) is 0.417. The molecule has 0 aliphatic carbocycles. The van der Waals surface area contributed by atoms with Crippen molar-refractivity contribution in [1.82, 2.24) is 0 Å². The van der Waals surface area contributed by atoms with Gasteiger partial charge in [-0.2, -0.15) is 0 Å². The Bertz CT molecular complexity index is 512. The van der Waals surface area contributed by atoms with E-state index in [0.29, 0.717) is 0 Å². The van der Waals surface area contributed by atoms with Gasteiger partial charge in [0, 0.05) is 17.7 Å². The first kappa shape index (κ1) is 11.6. The number of anilines is 1. The molecule has 0 unspecified atom stereocenters. The highest BCUT2D eigenvalue weighted by Gasteiger charge is 2.49. The molecule has 5 heteroatoms. The third kappa shape index (κ3) is 1.58. The van der Waals surface area contributed by atoms with E-state index in [1.54, 1.807) is 14.0 Å². The van der Waals surface area contributed by atoms with E-state index in [9.17, 15) is 14.9 Å². The number of nitrogens with zero attached hydrogens (tertiary/aromatic N) is 2. The van der Waals surface area contributed by atoms with Crippen LogP contribution in [0.3, 0.4) is 0 Å². The van der Waals surface area contributed by atoms with Gasteiger partial charge < -0.3 is 4.90 Å². The van der Waals surface area contributed by atoms with Crippen molar-refractivity contribution in [2.24, 2.45) is 0 Å². The van der Waals surface area contributed by atoms with Crippen molar-refractivity contribution in [1.29, 1.82) is 0 Å². The Kier molecular flexibility index (Phi) is 2.41. The van der Waals surface area contributed by atoms with E-state index in [1.807, 2.05) is 25.1 Å². The van der Waals surface area contributed by atoms with Crippen molar-refractivity contribution in [2.75, 3.05) is 18.5 Å². The van der Waals surface area contributed by atoms with Crippen LogP contribution in [-0.4, -0.2) is 24.4 Å². The average molecular weight is 234 g/mol. The van der Waals surface area contributed by atoms with E-state index >= 15 is 0 Å². The first-order valence-electron chi connectivity index (χ1n) is 5.37. The molecule has 2 rings (SSSR count). The lowest BCUT2D eigenvalue weighted by Crippen LogP contribution is -2.41. The molecule has 1 aromatic rings. The second-order valence-electron chi connectivity index (χ2n) is 4.71. The lowest BCUT2D eigenvalue weighted by Gasteiger charge is -2.17. The molecule has 0 fully saturated rings. The SMILES string of the molecule is Cc1ccc2c(c1)N(C)C(=O)[C@]2(C)C[N+](=O)[O-]. The maximum absolute atomic E-state index is 12.2. The molecular formula is C12H14N2O3. The van der Waals surface area contributed by atoms with E-state index < -0.39 is 10.3 Å². The van der Waals surface area contributed by atoms with E-state index in [0.717, 1.165) is 16.8 Å². The normalized spacial score (nSPS) is 22.8. The number of carbonyl (C=O) groups is 1. The highest BCUT2D eigenvalue weighted by atomic mass is 16.6. The Hall–Kier alpha value is -1.91. The summed E-state index contributed by atoms with van der Waals surface area (Å²) in [5, 5.41) is 10.7. The molecule has 1 atom stereocenters. The molecule has 5 nitrogen and oxygen atoms in total. The predicted octanol–water partition coefficient (Wildman–Crippen LogP) is 1.51. The molecule has 0 saturated carbocycles. The van der Waals surface area contributed by atoms with Gasteiger partial charge in [0.25, 0.3) is 0 Å². The first-order valence-corrected chi connectivity index (χ1v) is 5.37. The van der Waals surface area contributed by atoms with Gasteiger partial charge in [-0.1, -0.05) is 12.1 Å². The fourth-order valence-corrected chi connectivity index (χ4v) is 2.39. The van der Waals surface area contributed by atoms with Crippen molar-refractivity contribution in [2.45, 2.75) is 19.3 Å². The minimum absolute atomic E-state index is 0.213. The number of amides is 1. The number of fused-ring (bicyclic) bond motifs is 1. The van der Waals surface area contributed by atoms with Gasteiger partial charge in [0.15, 0.2) is 0 Å². The smallest absolute Gasteiger partial charge is 0.243 e. The minimum Gasteiger partial charge on any atom is -0.314 e. The number of aryl methyl sites for hydroxylation is 1. The Morgan fingerprint density at radius 1 is 1.47 bits per heavy atom. The summed E-state index contributed by atoms with van der Waals surface area (Å²) in [6.07, 6.45) is 0. The number of hydrogen-bond acceptors (Lipinski definition) is 3. The van der Waals surface area contributed by atoms with E-state index in [2.05, 4.69) is 0 Å². The van der Waals surface area contributed by atoms with Gasteiger partial charge in [-0.25, -0.2) is 0 Å². The van der Waals surface area contributed by atoms with Gasteiger partial charge in [-0.15, -0.1) is 0 Å². The van der Waals surface area contributed by atoms with Crippen LogP contribution >= 0.6 is 0 Å². The standard InChI is InChI=1S/C12H14N2O3/c1-8-4-5-9-10(6-8)13(3)11(15)12(9,2)7-14(16)17/h4-6H,7H2,1-3H3/t12-/m1/s1. The highest BCUT2D eigenvalue weighted by Crippen LogP contribution is 2.41. The van der Waals surface area contributed by atoms with Crippen LogP contribution in [0.25, 0.3) is 0 Å². The number of likely N-dealkylation sites (N-methyl/N-ethyl adjacent to an activating group) is 1. The third-order valence-corrected chi connectivity index (χ3v) is 3.33. The van der Waals surface area contributed by atoms with Crippen molar-refractivity contribution in [3.8, 4) is 0 Å². The number of benzene rings is 1. The molecule has 1 amide bonds. The Morgan fingerprint density at radius 3 is 2.71 bits per heavy atom. The molecule has 0 radical (unpaired) electrons. The van der Waals surface area contributed by atoms with Crippen molar-refractivity contribution >= 4 is 11.6 Å². The molecule has 0 bridgehead atoms. The van der Waals surface area contributed by atoms with E-state index in [1.165, 1.54) is 4.90 Å².